The van der Waals surface area contributed by atoms with Crippen LogP contribution in [0, 0.1) is 0 Å². The Morgan fingerprint density at radius 2 is 2.07 bits per heavy atom. The Hall–Kier alpha value is -0.485. The standard InChI is InChI=1S/C9H9BO2S2/c1-13-9-5-6-4-7(10(11)12)2-3-8(6)14-9/h2-5,11-12H,1H3. The molecular formula is C9H9BO2S2. The smallest absolute Gasteiger partial charge is 0.423 e. The van der Waals surface area contributed by atoms with Gasteiger partial charge in [-0.05, 0) is 29.2 Å². The first-order valence-corrected chi connectivity index (χ1v) is 6.18. The van der Waals surface area contributed by atoms with E-state index in [-0.39, 0.29) is 0 Å². The lowest BCUT2D eigenvalue weighted by Gasteiger charge is -1.97. The molecule has 0 radical (unpaired) electrons. The molecule has 14 heavy (non-hydrogen) atoms. The van der Waals surface area contributed by atoms with Gasteiger partial charge < -0.3 is 10.0 Å². The number of hydrogen-bond acceptors (Lipinski definition) is 4. The van der Waals surface area contributed by atoms with Crippen molar-refractivity contribution in [3.63, 3.8) is 0 Å². The largest absolute Gasteiger partial charge is 0.488 e. The molecule has 0 unspecified atom stereocenters. The van der Waals surface area contributed by atoms with Crippen molar-refractivity contribution in [2.45, 2.75) is 4.21 Å². The maximum absolute atomic E-state index is 9.00. The molecule has 0 aliphatic carbocycles. The topological polar surface area (TPSA) is 40.5 Å². The highest BCUT2D eigenvalue weighted by atomic mass is 32.2. The van der Waals surface area contributed by atoms with Gasteiger partial charge in [0.1, 0.15) is 0 Å². The highest BCUT2D eigenvalue weighted by Gasteiger charge is 2.11. The van der Waals surface area contributed by atoms with E-state index in [1.165, 1.54) is 8.91 Å². The molecule has 1 aromatic carbocycles. The number of thioether (sulfide) groups is 1. The molecule has 0 atom stereocenters. The summed E-state index contributed by atoms with van der Waals surface area (Å²) in [5.41, 5.74) is 0.544. The SMILES string of the molecule is CSc1cc2cc(B(O)O)ccc2s1. The van der Waals surface area contributed by atoms with Crippen molar-refractivity contribution in [3.8, 4) is 0 Å². The summed E-state index contributed by atoms with van der Waals surface area (Å²) in [5.74, 6) is 0. The first-order valence-electron chi connectivity index (χ1n) is 4.14. The van der Waals surface area contributed by atoms with Crippen LogP contribution in [0.4, 0.5) is 0 Å². The highest BCUT2D eigenvalue weighted by Crippen LogP contribution is 2.30. The molecule has 0 saturated heterocycles. The van der Waals surface area contributed by atoms with Crippen LogP contribution < -0.4 is 5.46 Å². The van der Waals surface area contributed by atoms with Crippen LogP contribution in [-0.2, 0) is 0 Å². The van der Waals surface area contributed by atoms with E-state index < -0.39 is 7.12 Å². The molecule has 0 spiro atoms. The minimum absolute atomic E-state index is 0.544. The lowest BCUT2D eigenvalue weighted by atomic mass is 9.80. The van der Waals surface area contributed by atoms with Gasteiger partial charge in [0, 0.05) is 4.70 Å². The number of rotatable bonds is 2. The summed E-state index contributed by atoms with van der Waals surface area (Å²) < 4.78 is 2.42. The van der Waals surface area contributed by atoms with Crippen molar-refractivity contribution in [1.29, 1.82) is 0 Å². The van der Waals surface area contributed by atoms with E-state index in [0.29, 0.717) is 5.46 Å². The van der Waals surface area contributed by atoms with Crippen LogP contribution in [0.15, 0.2) is 28.5 Å². The van der Waals surface area contributed by atoms with Crippen LogP contribution in [0.3, 0.4) is 0 Å². The maximum Gasteiger partial charge on any atom is 0.488 e. The van der Waals surface area contributed by atoms with E-state index in [0.717, 1.165) is 5.39 Å². The Morgan fingerprint density at radius 1 is 1.29 bits per heavy atom. The van der Waals surface area contributed by atoms with E-state index in [2.05, 4.69) is 6.07 Å². The summed E-state index contributed by atoms with van der Waals surface area (Å²) >= 11 is 3.42. The predicted molar refractivity (Wildman–Crippen MR) is 63.4 cm³/mol. The molecule has 2 rings (SSSR count). The van der Waals surface area contributed by atoms with Gasteiger partial charge in [0.15, 0.2) is 0 Å². The first-order chi connectivity index (χ1) is 6.70. The molecule has 2 nitrogen and oxygen atoms in total. The molecule has 72 valence electrons. The zero-order chi connectivity index (χ0) is 10.1. The molecule has 0 aliphatic rings. The van der Waals surface area contributed by atoms with E-state index in [9.17, 15) is 0 Å². The van der Waals surface area contributed by atoms with Gasteiger partial charge in [-0.2, -0.15) is 0 Å². The van der Waals surface area contributed by atoms with E-state index in [1.54, 1.807) is 29.2 Å². The fourth-order valence-corrected chi connectivity index (χ4v) is 2.92. The lowest BCUT2D eigenvalue weighted by Crippen LogP contribution is -2.29. The highest BCUT2D eigenvalue weighted by molar-refractivity contribution is 8.00. The molecule has 5 heteroatoms. The van der Waals surface area contributed by atoms with Crippen LogP contribution in [0.5, 0.6) is 0 Å². The van der Waals surface area contributed by atoms with Gasteiger partial charge in [0.2, 0.25) is 0 Å². The minimum Gasteiger partial charge on any atom is -0.423 e. The number of thiophene rings is 1. The van der Waals surface area contributed by atoms with Crippen molar-refractivity contribution in [2.75, 3.05) is 6.26 Å². The fraction of sp³-hybridized carbons (Fsp3) is 0.111. The predicted octanol–water partition coefficient (Wildman–Crippen LogP) is 1.30. The van der Waals surface area contributed by atoms with Crippen molar-refractivity contribution in [2.24, 2.45) is 0 Å². The van der Waals surface area contributed by atoms with Gasteiger partial charge in [-0.15, -0.1) is 23.1 Å². The molecule has 0 fully saturated rings. The van der Waals surface area contributed by atoms with Gasteiger partial charge in [-0.25, -0.2) is 0 Å². The first kappa shape index (κ1) is 10.0. The monoisotopic (exact) mass is 224 g/mol. The van der Waals surface area contributed by atoms with Gasteiger partial charge in [0.25, 0.3) is 0 Å². The molecule has 0 bridgehead atoms. The summed E-state index contributed by atoms with van der Waals surface area (Å²) in [5, 5.41) is 19.1. The summed E-state index contributed by atoms with van der Waals surface area (Å²) in [6.45, 7) is 0. The lowest BCUT2D eigenvalue weighted by molar-refractivity contribution is 0.426. The van der Waals surface area contributed by atoms with Crippen LogP contribution in [-0.4, -0.2) is 23.4 Å². The Balaban J connectivity index is 2.54. The van der Waals surface area contributed by atoms with Crippen LogP contribution in [0.25, 0.3) is 10.1 Å². The van der Waals surface area contributed by atoms with Gasteiger partial charge >= 0.3 is 7.12 Å². The van der Waals surface area contributed by atoms with Crippen molar-refractivity contribution < 1.29 is 10.0 Å². The Kier molecular flexibility index (Phi) is 2.83. The Labute approximate surface area is 90.7 Å². The summed E-state index contributed by atoms with van der Waals surface area (Å²) in [7, 11) is -1.38. The Morgan fingerprint density at radius 3 is 2.71 bits per heavy atom. The van der Waals surface area contributed by atoms with Gasteiger partial charge in [-0.1, -0.05) is 12.1 Å². The number of hydrogen-bond donors (Lipinski definition) is 2. The second-order valence-corrected chi connectivity index (χ2v) is 5.13. The van der Waals surface area contributed by atoms with Gasteiger partial charge in [0.05, 0.1) is 4.21 Å². The van der Waals surface area contributed by atoms with Crippen molar-refractivity contribution in [1.82, 2.24) is 0 Å². The van der Waals surface area contributed by atoms with E-state index in [1.807, 2.05) is 18.4 Å². The summed E-state index contributed by atoms with van der Waals surface area (Å²) in [6.07, 6.45) is 2.03. The summed E-state index contributed by atoms with van der Waals surface area (Å²) in [6, 6.07) is 7.55. The third-order valence-electron chi connectivity index (χ3n) is 2.02. The molecule has 0 amide bonds. The summed E-state index contributed by atoms with van der Waals surface area (Å²) in [4.78, 5) is 0. The van der Waals surface area contributed by atoms with Crippen LogP contribution >= 0.6 is 23.1 Å². The van der Waals surface area contributed by atoms with E-state index >= 15 is 0 Å². The average molecular weight is 224 g/mol. The molecule has 1 aromatic heterocycles. The fourth-order valence-electron chi connectivity index (χ4n) is 1.30. The number of benzene rings is 1. The van der Waals surface area contributed by atoms with Crippen LogP contribution in [0.2, 0.25) is 0 Å². The zero-order valence-electron chi connectivity index (χ0n) is 7.60. The van der Waals surface area contributed by atoms with Crippen molar-refractivity contribution in [3.05, 3.63) is 24.3 Å². The second kappa shape index (κ2) is 3.94. The quantitative estimate of drug-likeness (QED) is 0.596. The van der Waals surface area contributed by atoms with Crippen LogP contribution in [0.1, 0.15) is 0 Å². The van der Waals surface area contributed by atoms with E-state index in [4.69, 9.17) is 10.0 Å². The molecule has 0 aliphatic heterocycles. The minimum atomic E-state index is -1.38. The zero-order valence-corrected chi connectivity index (χ0v) is 9.23. The normalized spacial score (nSPS) is 10.8. The molecule has 2 aromatic rings. The number of fused-ring (bicyclic) bond motifs is 1. The molecular weight excluding hydrogens is 215 g/mol. The second-order valence-electron chi connectivity index (χ2n) is 2.94. The maximum atomic E-state index is 9.00. The average Bonchev–Trinajstić information content (AvgIpc) is 2.58. The molecule has 0 saturated carbocycles. The van der Waals surface area contributed by atoms with Crippen molar-refractivity contribution >= 4 is 45.8 Å². The van der Waals surface area contributed by atoms with Gasteiger partial charge in [-0.3, -0.25) is 0 Å². The Bertz CT molecular complexity index is 453. The third-order valence-corrected chi connectivity index (χ3v) is 4.20. The molecule has 2 N–H and O–H groups in total. The molecule has 1 heterocycles. The third kappa shape index (κ3) is 1.81.